The molecule has 1 fully saturated rings. The van der Waals surface area contributed by atoms with E-state index < -0.39 is 22.9 Å². The zero-order valence-electron chi connectivity index (χ0n) is 14.5. The normalized spacial score (nSPS) is 22.5. The molecule has 0 aliphatic carbocycles. The highest BCUT2D eigenvalue weighted by molar-refractivity contribution is 7.85. The van der Waals surface area contributed by atoms with Crippen LogP contribution in [0.15, 0.2) is 6.07 Å². The Morgan fingerprint density at radius 2 is 2.24 bits per heavy atom. The van der Waals surface area contributed by atoms with Gasteiger partial charge in [-0.05, 0) is 19.4 Å². The summed E-state index contributed by atoms with van der Waals surface area (Å²) in [4.78, 5) is 13.6. The van der Waals surface area contributed by atoms with E-state index in [1.54, 1.807) is 0 Å². The van der Waals surface area contributed by atoms with E-state index in [9.17, 15) is 18.5 Å². The van der Waals surface area contributed by atoms with Crippen LogP contribution in [-0.2, 0) is 22.4 Å². The van der Waals surface area contributed by atoms with Gasteiger partial charge in [0.15, 0.2) is 5.82 Å². The van der Waals surface area contributed by atoms with E-state index in [-0.39, 0.29) is 24.0 Å². The van der Waals surface area contributed by atoms with Crippen LogP contribution in [0.1, 0.15) is 19.4 Å². The summed E-state index contributed by atoms with van der Waals surface area (Å²) in [5.74, 6) is -0.883. The molecule has 0 spiro atoms. The van der Waals surface area contributed by atoms with Crippen molar-refractivity contribution in [3.8, 4) is 5.75 Å². The van der Waals surface area contributed by atoms with E-state index in [1.165, 1.54) is 6.07 Å². The number of fused-ring (bicyclic) bond motifs is 1. The van der Waals surface area contributed by atoms with E-state index in [4.69, 9.17) is 0 Å². The first-order chi connectivity index (χ1) is 11.8. The monoisotopic (exact) mass is 370 g/mol. The predicted octanol–water partition coefficient (Wildman–Crippen LogP) is 0.971. The summed E-state index contributed by atoms with van der Waals surface area (Å²) in [7, 11) is 2.02. The number of aromatic hydroxyl groups is 1. The molecule has 2 atom stereocenters. The van der Waals surface area contributed by atoms with Gasteiger partial charge in [0.05, 0.1) is 0 Å². The Labute approximate surface area is 148 Å². The van der Waals surface area contributed by atoms with Gasteiger partial charge < -0.3 is 15.3 Å². The molecular formula is C16H23FN4O3S. The fraction of sp³-hybridized carbons (Fsp3) is 0.562. The van der Waals surface area contributed by atoms with Crippen LogP contribution in [0.3, 0.4) is 0 Å². The number of likely N-dealkylation sites (N-methyl/N-ethyl adjacent to an activating group) is 1. The molecule has 2 unspecified atom stereocenters. The summed E-state index contributed by atoms with van der Waals surface area (Å²) < 4.78 is 30.1. The van der Waals surface area contributed by atoms with Gasteiger partial charge in [-0.15, -0.1) is 0 Å². The van der Waals surface area contributed by atoms with Gasteiger partial charge in [-0.1, -0.05) is 13.8 Å². The van der Waals surface area contributed by atoms with E-state index in [0.29, 0.717) is 23.6 Å². The van der Waals surface area contributed by atoms with Gasteiger partial charge in [0.25, 0.3) is 5.91 Å². The van der Waals surface area contributed by atoms with E-state index in [0.717, 1.165) is 17.4 Å². The molecule has 25 heavy (non-hydrogen) atoms. The molecule has 0 radical (unpaired) electrons. The number of nitrogens with zero attached hydrogens (tertiary/aromatic N) is 2. The molecule has 7 nitrogen and oxygen atoms in total. The lowest BCUT2D eigenvalue weighted by Crippen LogP contribution is -2.35. The Hall–Kier alpha value is -1.87. The lowest BCUT2D eigenvalue weighted by atomic mass is 10.1. The fourth-order valence-electron chi connectivity index (χ4n) is 3.47. The SMILES string of the molecule is CC(C)CN(C)CC1Cc2c(cc(O)c(N3CC(=O)NS3=O)c2F)N1. The highest BCUT2D eigenvalue weighted by Crippen LogP contribution is 2.41. The molecule has 9 heteroatoms. The number of anilines is 2. The molecule has 1 saturated heterocycles. The standard InChI is InChI=1S/C16H23FN4O3S/c1-9(2)6-20(3)7-10-4-11-12(18-10)5-13(22)16(15(11)17)21-8-14(23)19-25(21)24/h5,9-10,18,22H,4,6-8H2,1-3H3,(H,19,23). The summed E-state index contributed by atoms with van der Waals surface area (Å²) in [6, 6.07) is 1.47. The van der Waals surface area contributed by atoms with Crippen LogP contribution in [0.4, 0.5) is 15.8 Å². The van der Waals surface area contributed by atoms with Crippen LogP contribution < -0.4 is 14.3 Å². The lowest BCUT2D eigenvalue weighted by molar-refractivity contribution is -0.117. The van der Waals surface area contributed by atoms with Crippen molar-refractivity contribution in [1.82, 2.24) is 9.62 Å². The van der Waals surface area contributed by atoms with Gasteiger partial charge >= 0.3 is 0 Å². The summed E-state index contributed by atoms with van der Waals surface area (Å²) in [6.45, 7) is 5.72. The molecule has 1 aromatic carbocycles. The van der Waals surface area contributed by atoms with Crippen molar-refractivity contribution in [2.45, 2.75) is 26.3 Å². The minimum absolute atomic E-state index is 0.0340. The van der Waals surface area contributed by atoms with Crippen molar-refractivity contribution in [1.29, 1.82) is 0 Å². The first-order valence-corrected chi connectivity index (χ1v) is 9.35. The highest BCUT2D eigenvalue weighted by Gasteiger charge is 2.35. The Bertz CT molecular complexity index is 728. The molecule has 3 N–H and O–H groups in total. The Kier molecular flexibility index (Phi) is 4.88. The molecule has 0 bridgehead atoms. The number of phenolic OH excluding ortho intramolecular Hbond substituents is 1. The van der Waals surface area contributed by atoms with E-state index in [2.05, 4.69) is 28.8 Å². The first-order valence-electron chi connectivity index (χ1n) is 8.24. The van der Waals surface area contributed by atoms with Crippen LogP contribution in [-0.4, -0.2) is 52.8 Å². The van der Waals surface area contributed by atoms with Crippen molar-refractivity contribution < 1.29 is 18.5 Å². The van der Waals surface area contributed by atoms with Gasteiger partial charge in [-0.2, -0.15) is 0 Å². The second-order valence-electron chi connectivity index (χ2n) is 7.06. The number of carbonyl (C=O) groups excluding carboxylic acids is 1. The number of halogens is 1. The zero-order valence-corrected chi connectivity index (χ0v) is 15.3. The number of amides is 1. The summed E-state index contributed by atoms with van der Waals surface area (Å²) in [5.41, 5.74) is 0.812. The smallest absolute Gasteiger partial charge is 0.253 e. The van der Waals surface area contributed by atoms with Crippen LogP contribution in [0, 0.1) is 11.7 Å². The fourth-order valence-corrected chi connectivity index (χ4v) is 4.41. The van der Waals surface area contributed by atoms with Crippen molar-refractivity contribution in [3.05, 3.63) is 17.4 Å². The summed E-state index contributed by atoms with van der Waals surface area (Å²) in [5, 5.41) is 13.4. The summed E-state index contributed by atoms with van der Waals surface area (Å²) >= 11 is -1.88. The van der Waals surface area contributed by atoms with Crippen LogP contribution >= 0.6 is 0 Å². The zero-order chi connectivity index (χ0) is 18.3. The lowest BCUT2D eigenvalue weighted by Gasteiger charge is -2.23. The maximum absolute atomic E-state index is 15.0. The minimum Gasteiger partial charge on any atom is -0.506 e. The van der Waals surface area contributed by atoms with Gasteiger partial charge in [-0.25, -0.2) is 8.60 Å². The average molecular weight is 370 g/mol. The maximum atomic E-state index is 15.0. The molecule has 2 aliphatic rings. The Morgan fingerprint density at radius 3 is 2.84 bits per heavy atom. The van der Waals surface area contributed by atoms with Gasteiger partial charge in [0.2, 0.25) is 11.2 Å². The second-order valence-corrected chi connectivity index (χ2v) is 8.20. The first kappa shape index (κ1) is 17.9. The third-order valence-corrected chi connectivity index (χ3v) is 5.39. The molecule has 1 amide bonds. The van der Waals surface area contributed by atoms with Crippen molar-refractivity contribution in [3.63, 3.8) is 0 Å². The number of hydrogen-bond acceptors (Lipinski definition) is 5. The number of carbonyl (C=O) groups is 1. The van der Waals surface area contributed by atoms with Crippen molar-refractivity contribution in [2.75, 3.05) is 36.3 Å². The largest absolute Gasteiger partial charge is 0.506 e. The molecule has 3 rings (SSSR count). The van der Waals surface area contributed by atoms with Crippen LogP contribution in [0.25, 0.3) is 0 Å². The molecule has 0 saturated carbocycles. The predicted molar refractivity (Wildman–Crippen MR) is 95.1 cm³/mol. The average Bonchev–Trinajstić information content (AvgIpc) is 3.01. The van der Waals surface area contributed by atoms with Crippen LogP contribution in [0.2, 0.25) is 0 Å². The third-order valence-electron chi connectivity index (χ3n) is 4.28. The minimum atomic E-state index is -1.88. The second kappa shape index (κ2) is 6.80. The van der Waals surface area contributed by atoms with Gasteiger partial charge in [0, 0.05) is 36.4 Å². The molecule has 138 valence electrons. The molecule has 2 aliphatic heterocycles. The number of rotatable bonds is 5. The Balaban J connectivity index is 1.82. The number of hydrogen-bond donors (Lipinski definition) is 3. The number of nitrogens with one attached hydrogen (secondary N) is 2. The number of phenols is 1. The maximum Gasteiger partial charge on any atom is 0.253 e. The van der Waals surface area contributed by atoms with E-state index in [1.807, 2.05) is 7.05 Å². The third kappa shape index (κ3) is 3.57. The Morgan fingerprint density at radius 1 is 1.52 bits per heavy atom. The molecule has 1 aromatic rings. The van der Waals surface area contributed by atoms with Crippen LogP contribution in [0.5, 0.6) is 5.75 Å². The summed E-state index contributed by atoms with van der Waals surface area (Å²) in [6.07, 6.45) is 0.471. The quantitative estimate of drug-likeness (QED) is 0.719. The van der Waals surface area contributed by atoms with Crippen molar-refractivity contribution >= 4 is 28.5 Å². The number of benzene rings is 1. The molecule has 0 aromatic heterocycles. The van der Waals surface area contributed by atoms with Gasteiger partial charge in [-0.3, -0.25) is 13.8 Å². The van der Waals surface area contributed by atoms with Crippen molar-refractivity contribution in [2.24, 2.45) is 5.92 Å². The molecule has 2 heterocycles. The van der Waals surface area contributed by atoms with Gasteiger partial charge in [0.1, 0.15) is 18.0 Å². The highest BCUT2D eigenvalue weighted by atomic mass is 32.2. The van der Waals surface area contributed by atoms with E-state index >= 15 is 0 Å². The topological polar surface area (TPSA) is 84.9 Å². The molecular weight excluding hydrogens is 347 g/mol.